The van der Waals surface area contributed by atoms with Crippen LogP contribution in [0.25, 0.3) is 0 Å². The number of nitrogens with zero attached hydrogens (tertiary/aromatic N) is 1. The van der Waals surface area contributed by atoms with Crippen LogP contribution < -0.4 is 16.4 Å². The van der Waals surface area contributed by atoms with Gasteiger partial charge < -0.3 is 16.4 Å². The minimum atomic E-state index is 0.625. The predicted molar refractivity (Wildman–Crippen MR) is 54.5 cm³/mol. The molecule has 0 aromatic carbocycles. The van der Waals surface area contributed by atoms with Crippen LogP contribution >= 0.6 is 0 Å². The molecule has 0 bridgehead atoms. The van der Waals surface area contributed by atoms with Crippen molar-refractivity contribution in [2.45, 2.75) is 6.54 Å². The van der Waals surface area contributed by atoms with E-state index in [0.717, 1.165) is 18.9 Å². The van der Waals surface area contributed by atoms with Crippen LogP contribution in [0.2, 0.25) is 0 Å². The molecule has 0 amide bonds. The van der Waals surface area contributed by atoms with Crippen molar-refractivity contribution in [3.05, 3.63) is 23.9 Å². The van der Waals surface area contributed by atoms with Crippen LogP contribution in [-0.2, 0) is 6.54 Å². The van der Waals surface area contributed by atoms with Crippen LogP contribution in [0.15, 0.2) is 18.3 Å². The molecule has 1 heterocycles. The maximum Gasteiger partial charge on any atom is 0.125 e. The molecule has 1 aromatic heterocycles. The van der Waals surface area contributed by atoms with Crippen molar-refractivity contribution in [3.8, 4) is 0 Å². The molecule has 0 aliphatic carbocycles. The van der Waals surface area contributed by atoms with E-state index in [9.17, 15) is 0 Å². The largest absolute Gasteiger partial charge is 0.369 e. The van der Waals surface area contributed by atoms with Crippen molar-refractivity contribution in [1.29, 1.82) is 0 Å². The fourth-order valence-corrected chi connectivity index (χ4v) is 1.04. The molecule has 0 saturated carbocycles. The lowest BCUT2D eigenvalue weighted by molar-refractivity contribution is 0.813. The molecule has 0 unspecified atom stereocenters. The number of pyridine rings is 1. The van der Waals surface area contributed by atoms with E-state index in [2.05, 4.69) is 15.6 Å². The number of nitrogens with two attached hydrogens (primary N) is 1. The summed E-state index contributed by atoms with van der Waals surface area (Å²) in [5.41, 5.74) is 6.53. The molecule has 1 aromatic rings. The quantitative estimate of drug-likeness (QED) is 0.604. The van der Waals surface area contributed by atoms with E-state index in [0.29, 0.717) is 6.54 Å². The maximum atomic E-state index is 5.35. The Labute approximate surface area is 78.6 Å². The van der Waals surface area contributed by atoms with Gasteiger partial charge in [-0.05, 0) is 18.7 Å². The fourth-order valence-electron chi connectivity index (χ4n) is 1.04. The summed E-state index contributed by atoms with van der Waals surface area (Å²) >= 11 is 0. The third-order valence-electron chi connectivity index (χ3n) is 1.66. The van der Waals surface area contributed by atoms with E-state index in [1.54, 1.807) is 0 Å². The predicted octanol–water partition coefficient (Wildman–Crippen LogP) is 0.172. The molecule has 0 saturated heterocycles. The van der Waals surface area contributed by atoms with Crippen molar-refractivity contribution in [2.24, 2.45) is 5.73 Å². The normalized spacial score (nSPS) is 10.0. The Morgan fingerprint density at radius 3 is 2.85 bits per heavy atom. The van der Waals surface area contributed by atoms with Crippen LogP contribution in [-0.4, -0.2) is 25.1 Å². The summed E-state index contributed by atoms with van der Waals surface area (Å²) in [5, 5.41) is 6.17. The molecule has 4 nitrogen and oxygen atoms in total. The monoisotopic (exact) mass is 180 g/mol. The lowest BCUT2D eigenvalue weighted by Crippen LogP contribution is -2.14. The number of hydrogen-bond acceptors (Lipinski definition) is 4. The Hall–Kier alpha value is -1.13. The lowest BCUT2D eigenvalue weighted by atomic mass is 10.3. The van der Waals surface area contributed by atoms with Gasteiger partial charge in [0.15, 0.2) is 0 Å². The van der Waals surface area contributed by atoms with E-state index in [4.69, 9.17) is 5.73 Å². The minimum absolute atomic E-state index is 0.625. The summed E-state index contributed by atoms with van der Waals surface area (Å²) in [6, 6.07) is 4.00. The van der Waals surface area contributed by atoms with Gasteiger partial charge in [0.2, 0.25) is 0 Å². The van der Waals surface area contributed by atoms with Gasteiger partial charge in [0.1, 0.15) is 5.82 Å². The number of rotatable bonds is 5. The van der Waals surface area contributed by atoms with E-state index >= 15 is 0 Å². The second-order valence-electron chi connectivity index (χ2n) is 2.80. The van der Waals surface area contributed by atoms with Gasteiger partial charge in [0.25, 0.3) is 0 Å². The van der Waals surface area contributed by atoms with E-state index in [1.807, 2.05) is 25.4 Å². The van der Waals surface area contributed by atoms with Crippen LogP contribution in [0.5, 0.6) is 0 Å². The van der Waals surface area contributed by atoms with Crippen LogP contribution in [0, 0.1) is 0 Å². The van der Waals surface area contributed by atoms with Gasteiger partial charge in [0.05, 0.1) is 0 Å². The van der Waals surface area contributed by atoms with Gasteiger partial charge in [-0.3, -0.25) is 0 Å². The molecule has 0 atom stereocenters. The number of hydrogen-bond donors (Lipinski definition) is 3. The Balaban J connectivity index is 2.48. The first-order valence-electron chi connectivity index (χ1n) is 4.40. The van der Waals surface area contributed by atoms with Gasteiger partial charge in [-0.1, -0.05) is 6.07 Å². The second-order valence-corrected chi connectivity index (χ2v) is 2.80. The van der Waals surface area contributed by atoms with Gasteiger partial charge in [-0.25, -0.2) is 4.98 Å². The summed E-state index contributed by atoms with van der Waals surface area (Å²) in [4.78, 5) is 4.23. The zero-order valence-electron chi connectivity index (χ0n) is 7.88. The van der Waals surface area contributed by atoms with Crippen LogP contribution in [0.4, 0.5) is 5.82 Å². The first-order chi connectivity index (χ1) is 6.36. The molecule has 0 aliphatic rings. The molecule has 0 fully saturated rings. The highest BCUT2D eigenvalue weighted by Crippen LogP contribution is 2.03. The average molecular weight is 180 g/mol. The highest BCUT2D eigenvalue weighted by molar-refractivity contribution is 5.35. The summed E-state index contributed by atoms with van der Waals surface area (Å²) in [5.74, 6) is 0.880. The summed E-state index contributed by atoms with van der Waals surface area (Å²) < 4.78 is 0. The third-order valence-corrected chi connectivity index (χ3v) is 1.66. The third kappa shape index (κ3) is 3.40. The van der Waals surface area contributed by atoms with Gasteiger partial charge in [-0.15, -0.1) is 0 Å². The second kappa shape index (κ2) is 5.50. The van der Waals surface area contributed by atoms with Gasteiger partial charge in [-0.2, -0.15) is 0 Å². The van der Waals surface area contributed by atoms with Gasteiger partial charge in [0, 0.05) is 25.8 Å². The summed E-state index contributed by atoms with van der Waals surface area (Å²) in [7, 11) is 1.92. The highest BCUT2D eigenvalue weighted by Gasteiger charge is 1.93. The average Bonchev–Trinajstić information content (AvgIpc) is 2.17. The lowest BCUT2D eigenvalue weighted by Gasteiger charge is -2.04. The number of aromatic nitrogens is 1. The van der Waals surface area contributed by atoms with Crippen molar-refractivity contribution >= 4 is 5.82 Å². The number of anilines is 1. The SMILES string of the molecule is CNCc1ccc(NCCN)nc1. The van der Waals surface area contributed by atoms with Crippen molar-refractivity contribution in [1.82, 2.24) is 10.3 Å². The Kier molecular flexibility index (Phi) is 4.21. The van der Waals surface area contributed by atoms with Crippen molar-refractivity contribution in [2.75, 3.05) is 25.5 Å². The standard InChI is InChI=1S/C9H16N4/c1-11-6-8-2-3-9(13-7-8)12-5-4-10/h2-3,7,11H,4-6,10H2,1H3,(H,12,13). The number of nitrogens with one attached hydrogen (secondary N) is 2. The van der Waals surface area contributed by atoms with Crippen LogP contribution in [0.1, 0.15) is 5.56 Å². The van der Waals surface area contributed by atoms with Crippen LogP contribution in [0.3, 0.4) is 0 Å². The summed E-state index contributed by atoms with van der Waals surface area (Å²) in [6.07, 6.45) is 1.86. The first-order valence-corrected chi connectivity index (χ1v) is 4.40. The highest BCUT2D eigenvalue weighted by atomic mass is 15.0. The Morgan fingerprint density at radius 1 is 1.46 bits per heavy atom. The smallest absolute Gasteiger partial charge is 0.125 e. The molecule has 0 radical (unpaired) electrons. The fraction of sp³-hybridized carbons (Fsp3) is 0.444. The zero-order chi connectivity index (χ0) is 9.52. The molecular formula is C9H16N4. The van der Waals surface area contributed by atoms with E-state index < -0.39 is 0 Å². The summed E-state index contributed by atoms with van der Waals surface area (Å²) in [6.45, 7) is 2.24. The first kappa shape index (κ1) is 9.95. The molecule has 0 spiro atoms. The Morgan fingerprint density at radius 2 is 2.31 bits per heavy atom. The Bertz CT molecular complexity index is 232. The van der Waals surface area contributed by atoms with E-state index in [-0.39, 0.29) is 0 Å². The molecule has 4 heteroatoms. The molecular weight excluding hydrogens is 164 g/mol. The molecule has 4 N–H and O–H groups in total. The van der Waals surface area contributed by atoms with Gasteiger partial charge >= 0.3 is 0 Å². The van der Waals surface area contributed by atoms with Crippen molar-refractivity contribution < 1.29 is 0 Å². The molecule has 13 heavy (non-hydrogen) atoms. The minimum Gasteiger partial charge on any atom is -0.369 e. The maximum absolute atomic E-state index is 5.35. The topological polar surface area (TPSA) is 63.0 Å². The zero-order valence-corrected chi connectivity index (χ0v) is 7.88. The van der Waals surface area contributed by atoms with E-state index in [1.165, 1.54) is 5.56 Å². The molecule has 1 rings (SSSR count). The molecule has 0 aliphatic heterocycles. The van der Waals surface area contributed by atoms with Crippen molar-refractivity contribution in [3.63, 3.8) is 0 Å². The molecule has 72 valence electrons.